The lowest BCUT2D eigenvalue weighted by Gasteiger charge is -2.36. The highest BCUT2D eigenvalue weighted by atomic mass is 32.1. The van der Waals surface area contributed by atoms with E-state index in [9.17, 15) is 22.8 Å². The van der Waals surface area contributed by atoms with Crippen LogP contribution in [-0.4, -0.2) is 23.3 Å². The second-order valence-corrected chi connectivity index (χ2v) is 8.92. The van der Waals surface area contributed by atoms with Crippen molar-refractivity contribution in [2.45, 2.75) is 38.0 Å². The molecule has 8 heteroatoms. The van der Waals surface area contributed by atoms with Gasteiger partial charge in [-0.25, -0.2) is 0 Å². The summed E-state index contributed by atoms with van der Waals surface area (Å²) in [5.74, 6) is -0.405. The van der Waals surface area contributed by atoms with E-state index in [1.165, 1.54) is 17.0 Å². The highest BCUT2D eigenvalue weighted by Gasteiger charge is 2.32. The highest BCUT2D eigenvalue weighted by molar-refractivity contribution is 7.10. The van der Waals surface area contributed by atoms with Gasteiger partial charge in [0, 0.05) is 30.8 Å². The van der Waals surface area contributed by atoms with Crippen LogP contribution in [-0.2, 0) is 28.7 Å². The fraction of sp³-hybridized carbons (Fsp3) is 0.280. The molecule has 0 radical (unpaired) electrons. The molecule has 1 aliphatic rings. The normalized spacial score (nSPS) is 15.7. The zero-order valence-corrected chi connectivity index (χ0v) is 18.6. The number of halogens is 3. The van der Waals surface area contributed by atoms with Gasteiger partial charge in [-0.1, -0.05) is 42.5 Å². The van der Waals surface area contributed by atoms with E-state index in [1.807, 2.05) is 40.6 Å². The first-order valence-corrected chi connectivity index (χ1v) is 11.5. The van der Waals surface area contributed by atoms with Crippen molar-refractivity contribution < 1.29 is 22.8 Å². The van der Waals surface area contributed by atoms with Gasteiger partial charge in [0.05, 0.1) is 11.6 Å². The predicted octanol–water partition coefficient (Wildman–Crippen LogP) is 5.34. The van der Waals surface area contributed by atoms with Crippen molar-refractivity contribution in [1.29, 1.82) is 0 Å². The molecule has 0 saturated heterocycles. The van der Waals surface area contributed by atoms with Crippen molar-refractivity contribution in [3.05, 3.63) is 93.2 Å². The Morgan fingerprint density at radius 1 is 1.00 bits per heavy atom. The standard InChI is InChI=1S/C25H23F3N2O2S/c26-25(27,28)19-8-6-17(7-9-19)16-29-22(31)10-11-23(32)30-14-12-21-20(13-15-33-21)24(30)18-4-2-1-3-5-18/h1-9,13,15,24H,10-12,14,16H2,(H,29,31). The Labute approximate surface area is 194 Å². The molecule has 1 aromatic heterocycles. The molecule has 4 nitrogen and oxygen atoms in total. The number of hydrogen-bond acceptors (Lipinski definition) is 3. The van der Waals surface area contributed by atoms with Crippen LogP contribution < -0.4 is 5.32 Å². The molecule has 1 unspecified atom stereocenters. The van der Waals surface area contributed by atoms with Crippen molar-refractivity contribution in [1.82, 2.24) is 10.2 Å². The number of alkyl halides is 3. The number of carbonyl (C=O) groups is 2. The average Bonchev–Trinajstić information content (AvgIpc) is 3.29. The molecule has 1 aliphatic heterocycles. The minimum Gasteiger partial charge on any atom is -0.352 e. The van der Waals surface area contributed by atoms with Gasteiger partial charge in [0.2, 0.25) is 11.8 Å². The summed E-state index contributed by atoms with van der Waals surface area (Å²) in [5, 5.41) is 4.73. The van der Waals surface area contributed by atoms with Crippen LogP contribution in [0.4, 0.5) is 13.2 Å². The molecule has 0 saturated carbocycles. The van der Waals surface area contributed by atoms with Crippen LogP contribution in [0.25, 0.3) is 0 Å². The molecule has 0 spiro atoms. The summed E-state index contributed by atoms with van der Waals surface area (Å²) in [6.07, 6.45) is -3.50. The number of fused-ring (bicyclic) bond motifs is 1. The first-order valence-electron chi connectivity index (χ1n) is 10.7. The fourth-order valence-electron chi connectivity index (χ4n) is 4.04. The fourth-order valence-corrected chi connectivity index (χ4v) is 4.95. The first-order chi connectivity index (χ1) is 15.8. The maximum absolute atomic E-state index is 13.1. The SMILES string of the molecule is O=C(CCC(=O)N1CCc2sccc2C1c1ccccc1)NCc1ccc(C(F)(F)F)cc1. The number of carbonyl (C=O) groups excluding carboxylic acids is 2. The zero-order valence-electron chi connectivity index (χ0n) is 17.8. The van der Waals surface area contributed by atoms with E-state index >= 15 is 0 Å². The molecule has 1 N–H and O–H groups in total. The molecule has 1 atom stereocenters. The predicted molar refractivity (Wildman–Crippen MR) is 121 cm³/mol. The van der Waals surface area contributed by atoms with Crippen LogP contribution in [0, 0.1) is 0 Å². The quantitative estimate of drug-likeness (QED) is 0.527. The van der Waals surface area contributed by atoms with Crippen LogP contribution in [0.2, 0.25) is 0 Å². The molecular weight excluding hydrogens is 449 g/mol. The molecule has 0 aliphatic carbocycles. The van der Waals surface area contributed by atoms with Gasteiger partial charge in [-0.15, -0.1) is 11.3 Å². The van der Waals surface area contributed by atoms with Crippen molar-refractivity contribution in [3.63, 3.8) is 0 Å². The largest absolute Gasteiger partial charge is 0.416 e. The number of nitrogens with zero attached hydrogens (tertiary/aromatic N) is 1. The summed E-state index contributed by atoms with van der Waals surface area (Å²) in [6, 6.07) is 16.4. The number of nitrogens with one attached hydrogen (secondary N) is 1. The maximum Gasteiger partial charge on any atom is 0.416 e. The van der Waals surface area contributed by atoms with Gasteiger partial charge in [0.15, 0.2) is 0 Å². The lowest BCUT2D eigenvalue weighted by Crippen LogP contribution is -2.40. The van der Waals surface area contributed by atoms with Crippen LogP contribution in [0.3, 0.4) is 0 Å². The molecule has 4 rings (SSSR count). The van der Waals surface area contributed by atoms with Crippen molar-refractivity contribution in [2.75, 3.05) is 6.54 Å². The van der Waals surface area contributed by atoms with Gasteiger partial charge >= 0.3 is 6.18 Å². The van der Waals surface area contributed by atoms with E-state index in [1.54, 1.807) is 11.3 Å². The monoisotopic (exact) mass is 472 g/mol. The minimum atomic E-state index is -4.39. The van der Waals surface area contributed by atoms with Crippen molar-refractivity contribution in [3.8, 4) is 0 Å². The van der Waals surface area contributed by atoms with Gasteiger partial charge in [-0.05, 0) is 46.7 Å². The van der Waals surface area contributed by atoms with Gasteiger partial charge < -0.3 is 10.2 Å². The topological polar surface area (TPSA) is 49.4 Å². The molecule has 0 bridgehead atoms. The molecule has 3 aromatic rings. The van der Waals surface area contributed by atoms with E-state index in [4.69, 9.17) is 0 Å². The van der Waals surface area contributed by atoms with E-state index < -0.39 is 11.7 Å². The minimum absolute atomic E-state index is 0.0218. The average molecular weight is 473 g/mol. The van der Waals surface area contributed by atoms with Crippen molar-refractivity contribution in [2.24, 2.45) is 0 Å². The van der Waals surface area contributed by atoms with E-state index in [0.29, 0.717) is 12.1 Å². The van der Waals surface area contributed by atoms with E-state index in [2.05, 4.69) is 11.4 Å². The first kappa shape index (κ1) is 23.0. The molecule has 2 aromatic carbocycles. The Kier molecular flexibility index (Phi) is 6.83. The lowest BCUT2D eigenvalue weighted by molar-refractivity contribution is -0.137. The Morgan fingerprint density at radius 2 is 1.73 bits per heavy atom. The van der Waals surface area contributed by atoms with Gasteiger partial charge in [0.25, 0.3) is 0 Å². The Hall–Kier alpha value is -3.13. The zero-order chi connectivity index (χ0) is 23.4. The third-order valence-electron chi connectivity index (χ3n) is 5.74. The maximum atomic E-state index is 13.1. The molecule has 33 heavy (non-hydrogen) atoms. The third-order valence-corrected chi connectivity index (χ3v) is 6.73. The molecule has 2 amide bonds. The Balaban J connectivity index is 1.34. The van der Waals surface area contributed by atoms with Crippen LogP contribution in [0.15, 0.2) is 66.0 Å². The number of benzene rings is 2. The molecular formula is C25H23F3N2O2S. The Morgan fingerprint density at radius 3 is 2.42 bits per heavy atom. The van der Waals surface area contributed by atoms with Gasteiger partial charge in [-0.2, -0.15) is 13.2 Å². The highest BCUT2D eigenvalue weighted by Crippen LogP contribution is 2.38. The van der Waals surface area contributed by atoms with Crippen LogP contribution in [0.1, 0.15) is 46.0 Å². The second kappa shape index (κ2) is 9.79. The summed E-state index contributed by atoms with van der Waals surface area (Å²) >= 11 is 1.70. The number of thiophene rings is 1. The summed E-state index contributed by atoms with van der Waals surface area (Å²) < 4.78 is 38.0. The smallest absolute Gasteiger partial charge is 0.352 e. The van der Waals surface area contributed by atoms with E-state index in [-0.39, 0.29) is 37.2 Å². The van der Waals surface area contributed by atoms with Gasteiger partial charge in [0.1, 0.15) is 0 Å². The lowest BCUT2D eigenvalue weighted by atomic mass is 9.93. The summed E-state index contributed by atoms with van der Waals surface area (Å²) in [6.45, 7) is 0.707. The van der Waals surface area contributed by atoms with Gasteiger partial charge in [-0.3, -0.25) is 9.59 Å². The number of rotatable bonds is 6. The third kappa shape index (κ3) is 5.45. The van der Waals surface area contributed by atoms with Crippen molar-refractivity contribution >= 4 is 23.2 Å². The van der Waals surface area contributed by atoms with Crippen LogP contribution >= 0.6 is 11.3 Å². The molecule has 172 valence electrons. The summed E-state index contributed by atoms with van der Waals surface area (Å²) in [4.78, 5) is 28.5. The molecule has 2 heterocycles. The van der Waals surface area contributed by atoms with Crippen LogP contribution in [0.5, 0.6) is 0 Å². The molecule has 0 fully saturated rings. The van der Waals surface area contributed by atoms with E-state index in [0.717, 1.165) is 29.7 Å². The number of hydrogen-bond donors (Lipinski definition) is 1. The Bertz CT molecular complexity index is 1110. The summed E-state index contributed by atoms with van der Waals surface area (Å²) in [5.41, 5.74) is 2.01. The summed E-state index contributed by atoms with van der Waals surface area (Å²) in [7, 11) is 0. The second-order valence-electron chi connectivity index (χ2n) is 7.92. The number of amides is 2.